The predicted octanol–water partition coefficient (Wildman–Crippen LogP) is 1.64. The number of nitrogens with one attached hydrogen (secondary N) is 1. The van der Waals surface area contributed by atoms with E-state index in [9.17, 15) is 18.0 Å². The number of carbonyl (C=O) groups is 2. The van der Waals surface area contributed by atoms with Crippen LogP contribution in [0.4, 0.5) is 5.69 Å². The molecule has 0 aromatic heterocycles. The lowest BCUT2D eigenvalue weighted by atomic mass is 10.1. The van der Waals surface area contributed by atoms with Crippen molar-refractivity contribution >= 4 is 27.5 Å². The van der Waals surface area contributed by atoms with Crippen molar-refractivity contribution in [2.24, 2.45) is 0 Å². The van der Waals surface area contributed by atoms with Crippen LogP contribution in [0.2, 0.25) is 0 Å². The van der Waals surface area contributed by atoms with Gasteiger partial charge in [-0.3, -0.25) is 9.59 Å². The maximum Gasteiger partial charge on any atom is 0.253 e. The lowest BCUT2D eigenvalue weighted by Crippen LogP contribution is -2.50. The van der Waals surface area contributed by atoms with Gasteiger partial charge in [0.25, 0.3) is 5.91 Å². The van der Waals surface area contributed by atoms with Gasteiger partial charge in [-0.1, -0.05) is 17.7 Å². The van der Waals surface area contributed by atoms with Crippen molar-refractivity contribution in [2.45, 2.75) is 18.2 Å². The number of carbonyl (C=O) groups excluding carboxylic acids is 2. The number of piperazine rings is 1. The van der Waals surface area contributed by atoms with Crippen molar-refractivity contribution in [1.82, 2.24) is 9.21 Å². The average Bonchev–Trinajstić information content (AvgIpc) is 3.07. The first kappa shape index (κ1) is 18.6. The SMILES string of the molecule is Cc1ccc(C(=O)N2CCN(S(=O)(=O)c3ccc4c(c3)CC(=O)N4)CC2)cc1. The summed E-state index contributed by atoms with van der Waals surface area (Å²) in [4.78, 5) is 26.0. The van der Waals surface area contributed by atoms with Gasteiger partial charge in [0, 0.05) is 37.4 Å². The molecule has 2 aromatic carbocycles. The molecule has 1 fully saturated rings. The molecule has 0 saturated carbocycles. The van der Waals surface area contributed by atoms with E-state index < -0.39 is 10.0 Å². The molecule has 28 heavy (non-hydrogen) atoms. The van der Waals surface area contributed by atoms with Crippen LogP contribution in [0.5, 0.6) is 0 Å². The maximum atomic E-state index is 13.0. The van der Waals surface area contributed by atoms with Gasteiger partial charge in [0.2, 0.25) is 15.9 Å². The van der Waals surface area contributed by atoms with Gasteiger partial charge in [-0.05, 0) is 42.8 Å². The summed E-state index contributed by atoms with van der Waals surface area (Å²) < 4.78 is 27.3. The topological polar surface area (TPSA) is 86.8 Å². The number of benzene rings is 2. The maximum absolute atomic E-state index is 13.0. The van der Waals surface area contributed by atoms with Gasteiger partial charge in [0.15, 0.2) is 0 Å². The minimum Gasteiger partial charge on any atom is -0.336 e. The first-order chi connectivity index (χ1) is 13.3. The molecule has 0 radical (unpaired) electrons. The fraction of sp³-hybridized carbons (Fsp3) is 0.300. The zero-order valence-electron chi connectivity index (χ0n) is 15.5. The van der Waals surface area contributed by atoms with Gasteiger partial charge in [-0.25, -0.2) is 8.42 Å². The summed E-state index contributed by atoms with van der Waals surface area (Å²) in [6, 6.07) is 12.1. The van der Waals surface area contributed by atoms with E-state index in [0.717, 1.165) is 5.56 Å². The summed E-state index contributed by atoms with van der Waals surface area (Å²) in [6.07, 6.45) is 0.192. The molecule has 7 nitrogen and oxygen atoms in total. The number of hydrogen-bond donors (Lipinski definition) is 1. The minimum atomic E-state index is -3.66. The Morgan fingerprint density at radius 1 is 1.00 bits per heavy atom. The van der Waals surface area contributed by atoms with Crippen LogP contribution >= 0.6 is 0 Å². The molecule has 1 saturated heterocycles. The Morgan fingerprint density at radius 2 is 1.68 bits per heavy atom. The highest BCUT2D eigenvalue weighted by atomic mass is 32.2. The fourth-order valence-electron chi connectivity index (χ4n) is 3.53. The number of rotatable bonds is 3. The second kappa shape index (κ2) is 7.03. The summed E-state index contributed by atoms with van der Waals surface area (Å²) in [5, 5.41) is 2.70. The largest absolute Gasteiger partial charge is 0.336 e. The third-order valence-electron chi connectivity index (χ3n) is 5.16. The molecular formula is C20H21N3O4S. The number of hydrogen-bond acceptors (Lipinski definition) is 4. The number of sulfonamides is 1. The third-order valence-corrected chi connectivity index (χ3v) is 7.06. The molecule has 1 N–H and O–H groups in total. The van der Waals surface area contributed by atoms with Crippen LogP contribution in [0.1, 0.15) is 21.5 Å². The van der Waals surface area contributed by atoms with Crippen molar-refractivity contribution in [1.29, 1.82) is 0 Å². The Hall–Kier alpha value is -2.71. The molecule has 4 rings (SSSR count). The number of nitrogens with zero attached hydrogens (tertiary/aromatic N) is 2. The Labute approximate surface area is 164 Å². The van der Waals surface area contributed by atoms with Crippen molar-refractivity contribution < 1.29 is 18.0 Å². The molecule has 0 unspecified atom stereocenters. The van der Waals surface area contributed by atoms with Crippen LogP contribution < -0.4 is 5.32 Å². The Morgan fingerprint density at radius 3 is 2.36 bits per heavy atom. The molecule has 8 heteroatoms. The highest BCUT2D eigenvalue weighted by Crippen LogP contribution is 2.27. The van der Waals surface area contributed by atoms with E-state index in [1.165, 1.54) is 10.4 Å². The van der Waals surface area contributed by atoms with Gasteiger partial charge in [0.05, 0.1) is 11.3 Å². The Balaban J connectivity index is 1.46. The molecular weight excluding hydrogens is 378 g/mol. The molecule has 2 aliphatic rings. The number of aryl methyl sites for hydroxylation is 1. The van der Waals surface area contributed by atoms with Crippen molar-refractivity contribution in [2.75, 3.05) is 31.5 Å². The quantitative estimate of drug-likeness (QED) is 0.850. The van der Waals surface area contributed by atoms with Crippen LogP contribution in [-0.2, 0) is 21.2 Å². The van der Waals surface area contributed by atoms with Crippen LogP contribution in [-0.4, -0.2) is 55.6 Å². The zero-order valence-corrected chi connectivity index (χ0v) is 16.3. The van der Waals surface area contributed by atoms with Gasteiger partial charge in [-0.15, -0.1) is 0 Å². The van der Waals surface area contributed by atoms with Crippen LogP contribution in [0.15, 0.2) is 47.4 Å². The lowest BCUT2D eigenvalue weighted by molar-refractivity contribution is -0.115. The van der Waals surface area contributed by atoms with Crippen molar-refractivity contribution in [3.8, 4) is 0 Å². The smallest absolute Gasteiger partial charge is 0.253 e. The van der Waals surface area contributed by atoms with E-state index >= 15 is 0 Å². The molecule has 146 valence electrons. The van der Waals surface area contributed by atoms with Gasteiger partial charge < -0.3 is 10.2 Å². The van der Waals surface area contributed by atoms with Gasteiger partial charge in [-0.2, -0.15) is 4.31 Å². The summed E-state index contributed by atoms with van der Waals surface area (Å²) in [7, 11) is -3.66. The normalized spacial score (nSPS) is 17.3. The first-order valence-corrected chi connectivity index (χ1v) is 10.6. The molecule has 0 aliphatic carbocycles. The third kappa shape index (κ3) is 3.41. The molecule has 2 aromatic rings. The van der Waals surface area contributed by atoms with Gasteiger partial charge >= 0.3 is 0 Å². The second-order valence-electron chi connectivity index (χ2n) is 7.11. The van der Waals surface area contributed by atoms with Crippen molar-refractivity contribution in [3.05, 3.63) is 59.2 Å². The molecule has 2 amide bonds. The predicted molar refractivity (Wildman–Crippen MR) is 105 cm³/mol. The Kier molecular flexibility index (Phi) is 4.68. The van der Waals surface area contributed by atoms with E-state index in [1.54, 1.807) is 29.2 Å². The second-order valence-corrected chi connectivity index (χ2v) is 9.04. The van der Waals surface area contributed by atoms with Crippen molar-refractivity contribution in [3.63, 3.8) is 0 Å². The molecule has 2 heterocycles. The zero-order chi connectivity index (χ0) is 19.9. The summed E-state index contributed by atoms with van der Waals surface area (Å²) in [5.74, 6) is -0.216. The highest BCUT2D eigenvalue weighted by molar-refractivity contribution is 7.89. The van der Waals surface area contributed by atoms with E-state index in [2.05, 4.69) is 5.32 Å². The lowest BCUT2D eigenvalue weighted by Gasteiger charge is -2.34. The van der Waals surface area contributed by atoms with Crippen LogP contribution in [0, 0.1) is 6.92 Å². The number of anilines is 1. The molecule has 0 atom stereocenters. The Bertz CT molecular complexity index is 1040. The molecule has 2 aliphatic heterocycles. The first-order valence-electron chi connectivity index (χ1n) is 9.13. The highest BCUT2D eigenvalue weighted by Gasteiger charge is 2.31. The van der Waals surface area contributed by atoms with E-state index in [1.807, 2.05) is 19.1 Å². The van der Waals surface area contributed by atoms with Crippen LogP contribution in [0.25, 0.3) is 0 Å². The van der Waals surface area contributed by atoms with E-state index in [-0.39, 0.29) is 36.2 Å². The number of fused-ring (bicyclic) bond motifs is 1. The minimum absolute atomic E-state index is 0.0841. The number of amides is 2. The monoisotopic (exact) mass is 399 g/mol. The standard InChI is InChI=1S/C20H21N3O4S/c1-14-2-4-15(5-3-14)20(25)22-8-10-23(11-9-22)28(26,27)17-6-7-18-16(12-17)13-19(24)21-18/h2-7,12H,8-11,13H2,1H3,(H,21,24). The van der Waals surface area contributed by atoms with Crippen LogP contribution in [0.3, 0.4) is 0 Å². The fourth-order valence-corrected chi connectivity index (χ4v) is 5.00. The van der Waals surface area contributed by atoms with Gasteiger partial charge in [0.1, 0.15) is 0 Å². The average molecular weight is 399 g/mol. The van der Waals surface area contributed by atoms with E-state index in [4.69, 9.17) is 0 Å². The molecule has 0 spiro atoms. The summed E-state index contributed by atoms with van der Waals surface area (Å²) >= 11 is 0. The summed E-state index contributed by atoms with van der Waals surface area (Å²) in [6.45, 7) is 3.14. The summed E-state index contributed by atoms with van der Waals surface area (Å²) in [5.41, 5.74) is 3.05. The van der Waals surface area contributed by atoms with E-state index in [0.29, 0.717) is 29.9 Å². The molecule has 0 bridgehead atoms.